The zero-order valence-electron chi connectivity index (χ0n) is 18.5. The largest absolute Gasteiger partial charge is 0.379 e. The monoisotopic (exact) mass is 596 g/mol. The standard InChI is InChI=1S/C23H21BrN4O4S2.ClH/c24-16-2-4-18-20(14-16)34-23(25-18)27(7-1-6-26-8-10-32-11-9-26)22(29)21-13-15-12-17(28(30)31)3-5-19(15)33-21;/h2-5,12-14H,1,6-11H2;1H. The molecular formula is C23H22BrClN4O4S2. The number of nitrogens with zero attached hydrogens (tertiary/aromatic N) is 4. The molecule has 0 unspecified atom stereocenters. The molecule has 3 heterocycles. The topological polar surface area (TPSA) is 88.8 Å². The van der Waals surface area contributed by atoms with E-state index in [0.717, 1.165) is 58.7 Å². The van der Waals surface area contributed by atoms with E-state index in [0.29, 0.717) is 21.9 Å². The molecule has 0 radical (unpaired) electrons. The first-order valence-corrected chi connectivity index (χ1v) is 13.3. The summed E-state index contributed by atoms with van der Waals surface area (Å²) >= 11 is 6.34. The number of carbonyl (C=O) groups excluding carboxylic acids is 1. The lowest BCUT2D eigenvalue weighted by molar-refractivity contribution is -0.384. The number of ether oxygens (including phenoxy) is 1. The molecule has 0 atom stereocenters. The van der Waals surface area contributed by atoms with Crippen LogP contribution in [0.4, 0.5) is 10.8 Å². The Bertz CT molecular complexity index is 1370. The molecule has 4 aromatic rings. The molecule has 184 valence electrons. The predicted molar refractivity (Wildman–Crippen MR) is 147 cm³/mol. The van der Waals surface area contributed by atoms with Gasteiger partial charge in [0.1, 0.15) is 0 Å². The van der Waals surface area contributed by atoms with Crippen molar-refractivity contribution in [1.29, 1.82) is 0 Å². The molecule has 1 amide bonds. The third-order valence-electron chi connectivity index (χ3n) is 5.70. The molecule has 0 aliphatic carbocycles. The maximum absolute atomic E-state index is 13.7. The lowest BCUT2D eigenvalue weighted by Gasteiger charge is -2.27. The van der Waals surface area contributed by atoms with Crippen LogP contribution in [0.5, 0.6) is 0 Å². The van der Waals surface area contributed by atoms with E-state index >= 15 is 0 Å². The quantitative estimate of drug-likeness (QED) is 0.193. The highest BCUT2D eigenvalue weighted by Gasteiger charge is 2.24. The molecule has 2 aromatic heterocycles. The highest BCUT2D eigenvalue weighted by atomic mass is 79.9. The summed E-state index contributed by atoms with van der Waals surface area (Å²) in [6, 6.07) is 12.3. The molecule has 1 aliphatic rings. The van der Waals surface area contributed by atoms with Gasteiger partial charge in [0.25, 0.3) is 11.6 Å². The molecule has 35 heavy (non-hydrogen) atoms. The smallest absolute Gasteiger partial charge is 0.270 e. The first-order chi connectivity index (χ1) is 16.5. The van der Waals surface area contributed by atoms with Gasteiger partial charge in [-0.2, -0.15) is 0 Å². The van der Waals surface area contributed by atoms with Gasteiger partial charge in [-0.1, -0.05) is 27.3 Å². The number of fused-ring (bicyclic) bond motifs is 2. The number of rotatable bonds is 7. The van der Waals surface area contributed by atoms with Gasteiger partial charge >= 0.3 is 0 Å². The zero-order valence-corrected chi connectivity index (χ0v) is 22.6. The highest BCUT2D eigenvalue weighted by Crippen LogP contribution is 2.34. The average molecular weight is 598 g/mol. The van der Waals surface area contributed by atoms with Crippen LogP contribution in [-0.2, 0) is 4.74 Å². The van der Waals surface area contributed by atoms with E-state index in [4.69, 9.17) is 9.72 Å². The summed E-state index contributed by atoms with van der Waals surface area (Å²) in [5, 5.41) is 12.5. The SMILES string of the molecule is Cl.O=C(c1cc2cc([N+](=O)[O-])ccc2s1)N(CCCN1CCOCC1)c1nc2ccc(Br)cc2s1. The molecule has 2 aromatic carbocycles. The molecule has 8 nitrogen and oxygen atoms in total. The minimum atomic E-state index is -0.421. The lowest BCUT2D eigenvalue weighted by atomic mass is 10.2. The van der Waals surface area contributed by atoms with Gasteiger partial charge in [0.15, 0.2) is 5.13 Å². The van der Waals surface area contributed by atoms with E-state index in [1.807, 2.05) is 18.2 Å². The number of thiophene rings is 1. The van der Waals surface area contributed by atoms with E-state index in [-0.39, 0.29) is 24.0 Å². The van der Waals surface area contributed by atoms with Crippen molar-refractivity contribution in [1.82, 2.24) is 9.88 Å². The summed E-state index contributed by atoms with van der Waals surface area (Å²) in [7, 11) is 0. The molecule has 5 rings (SSSR count). The molecular weight excluding hydrogens is 576 g/mol. The van der Waals surface area contributed by atoms with Gasteiger partial charge in [-0.05, 0) is 36.8 Å². The van der Waals surface area contributed by atoms with Crippen LogP contribution in [0.25, 0.3) is 20.3 Å². The Hall–Kier alpha value is -2.15. The van der Waals surface area contributed by atoms with Crippen LogP contribution < -0.4 is 4.90 Å². The summed E-state index contributed by atoms with van der Waals surface area (Å²) in [6.07, 6.45) is 0.807. The summed E-state index contributed by atoms with van der Waals surface area (Å²) in [4.78, 5) is 33.8. The molecule has 12 heteroatoms. The van der Waals surface area contributed by atoms with Crippen LogP contribution in [-0.4, -0.2) is 60.1 Å². The van der Waals surface area contributed by atoms with Gasteiger partial charge in [-0.15, -0.1) is 23.7 Å². The van der Waals surface area contributed by atoms with Crippen LogP contribution in [0, 0.1) is 10.1 Å². The van der Waals surface area contributed by atoms with Crippen LogP contribution in [0.1, 0.15) is 16.1 Å². The van der Waals surface area contributed by atoms with Gasteiger partial charge in [0.2, 0.25) is 0 Å². The Morgan fingerprint density at radius 3 is 2.71 bits per heavy atom. The second kappa shape index (κ2) is 11.3. The first kappa shape index (κ1) is 25.9. The Balaban J connectivity index is 0.00000289. The molecule has 0 bridgehead atoms. The Morgan fingerprint density at radius 2 is 1.94 bits per heavy atom. The fourth-order valence-electron chi connectivity index (χ4n) is 3.95. The minimum absolute atomic E-state index is 0. The molecule has 1 fully saturated rings. The van der Waals surface area contributed by atoms with E-state index in [1.165, 1.54) is 34.8 Å². The van der Waals surface area contributed by atoms with Crippen LogP contribution in [0.15, 0.2) is 46.9 Å². The third-order valence-corrected chi connectivity index (χ3v) is 8.33. The number of nitro groups is 1. The fraction of sp³-hybridized carbons (Fsp3) is 0.304. The van der Waals surface area contributed by atoms with E-state index in [1.54, 1.807) is 17.0 Å². The van der Waals surface area contributed by atoms with E-state index in [9.17, 15) is 14.9 Å². The van der Waals surface area contributed by atoms with Crippen molar-refractivity contribution in [2.45, 2.75) is 6.42 Å². The van der Waals surface area contributed by atoms with Crippen molar-refractivity contribution >= 4 is 88.0 Å². The predicted octanol–water partition coefficient (Wildman–Crippen LogP) is 5.97. The molecule has 0 N–H and O–H groups in total. The van der Waals surface area contributed by atoms with Gasteiger partial charge in [0.05, 0.1) is 33.2 Å². The number of hydrogen-bond acceptors (Lipinski definition) is 8. The average Bonchev–Trinajstić information content (AvgIpc) is 3.45. The van der Waals surface area contributed by atoms with Crippen molar-refractivity contribution in [3.63, 3.8) is 0 Å². The molecule has 1 saturated heterocycles. The normalized spacial score (nSPS) is 14.2. The van der Waals surface area contributed by atoms with Gasteiger partial charge in [0, 0.05) is 52.9 Å². The molecule has 0 spiro atoms. The number of halogens is 2. The number of carbonyl (C=O) groups is 1. The number of aromatic nitrogens is 1. The summed E-state index contributed by atoms with van der Waals surface area (Å²) in [5.74, 6) is -0.135. The van der Waals surface area contributed by atoms with Crippen molar-refractivity contribution in [2.75, 3.05) is 44.3 Å². The second-order valence-corrected chi connectivity index (χ2v) is 11.0. The molecule has 0 saturated carbocycles. The van der Waals surface area contributed by atoms with Gasteiger partial charge in [-0.25, -0.2) is 4.98 Å². The number of non-ortho nitro benzene ring substituents is 1. The number of benzene rings is 2. The van der Waals surface area contributed by atoms with Gasteiger partial charge in [-0.3, -0.25) is 24.7 Å². The van der Waals surface area contributed by atoms with Crippen LogP contribution in [0.2, 0.25) is 0 Å². The number of nitro benzene ring substituents is 1. The highest BCUT2D eigenvalue weighted by molar-refractivity contribution is 9.10. The van der Waals surface area contributed by atoms with Crippen molar-refractivity contribution in [2.24, 2.45) is 0 Å². The lowest BCUT2D eigenvalue weighted by Crippen LogP contribution is -2.39. The summed E-state index contributed by atoms with van der Waals surface area (Å²) in [6.45, 7) is 4.69. The van der Waals surface area contributed by atoms with Crippen molar-refractivity contribution in [3.05, 3.63) is 61.9 Å². The minimum Gasteiger partial charge on any atom is -0.379 e. The van der Waals surface area contributed by atoms with Crippen molar-refractivity contribution in [3.8, 4) is 0 Å². The maximum atomic E-state index is 13.7. The Labute approximate surface area is 224 Å². The van der Waals surface area contributed by atoms with E-state index < -0.39 is 4.92 Å². The number of morpholine rings is 1. The number of amides is 1. The van der Waals surface area contributed by atoms with Gasteiger partial charge < -0.3 is 4.74 Å². The first-order valence-electron chi connectivity index (χ1n) is 10.8. The number of thiazole rings is 1. The Kier molecular flexibility index (Phi) is 8.35. The molecule has 1 aliphatic heterocycles. The Morgan fingerprint density at radius 1 is 1.14 bits per heavy atom. The summed E-state index contributed by atoms with van der Waals surface area (Å²) in [5.41, 5.74) is 0.865. The van der Waals surface area contributed by atoms with E-state index in [2.05, 4.69) is 20.8 Å². The summed E-state index contributed by atoms with van der Waals surface area (Å²) < 4.78 is 8.24. The third kappa shape index (κ3) is 5.82. The van der Waals surface area contributed by atoms with Crippen molar-refractivity contribution < 1.29 is 14.5 Å². The number of hydrogen-bond donors (Lipinski definition) is 0. The van der Waals surface area contributed by atoms with Crippen LogP contribution >= 0.6 is 51.0 Å². The second-order valence-electron chi connectivity index (χ2n) is 7.96. The fourth-order valence-corrected chi connectivity index (χ4v) is 6.48. The zero-order chi connectivity index (χ0) is 23.7. The van der Waals surface area contributed by atoms with Crippen LogP contribution in [0.3, 0.4) is 0 Å². The number of anilines is 1. The maximum Gasteiger partial charge on any atom is 0.270 e.